The number of rotatable bonds is 6. The third-order valence-electron chi connectivity index (χ3n) is 5.43. The second kappa shape index (κ2) is 8.81. The summed E-state index contributed by atoms with van der Waals surface area (Å²) in [6.07, 6.45) is 3.91. The zero-order valence-corrected chi connectivity index (χ0v) is 18.2. The Morgan fingerprint density at radius 1 is 1.21 bits per heavy atom. The molecule has 0 saturated carbocycles. The van der Waals surface area contributed by atoms with Crippen molar-refractivity contribution in [3.05, 3.63) is 59.4 Å². The molecule has 0 atom stereocenters. The van der Waals surface area contributed by atoms with Crippen molar-refractivity contribution in [1.82, 2.24) is 14.6 Å². The first-order chi connectivity index (χ1) is 13.7. The van der Waals surface area contributed by atoms with Crippen LogP contribution in [0.3, 0.4) is 0 Å². The average Bonchev–Trinajstić information content (AvgIpc) is 2.73. The number of nitrogens with one attached hydrogen (secondary N) is 1. The van der Waals surface area contributed by atoms with Crippen LogP contribution >= 0.6 is 11.6 Å². The molecule has 0 aliphatic carbocycles. The highest BCUT2D eigenvalue weighted by Crippen LogP contribution is 2.26. The molecule has 8 heteroatoms. The molecule has 0 bridgehead atoms. The van der Waals surface area contributed by atoms with Crippen LogP contribution in [0.25, 0.3) is 0 Å². The third kappa shape index (κ3) is 5.15. The molecule has 1 aliphatic heterocycles. The zero-order chi connectivity index (χ0) is 21.1. The van der Waals surface area contributed by atoms with Gasteiger partial charge in [-0.05, 0) is 42.7 Å². The highest BCUT2D eigenvalue weighted by atomic mass is 35.5. The number of aromatic nitrogens is 1. The zero-order valence-electron chi connectivity index (χ0n) is 16.6. The molecule has 0 radical (unpaired) electrons. The van der Waals surface area contributed by atoms with Gasteiger partial charge in [0.2, 0.25) is 15.9 Å². The van der Waals surface area contributed by atoms with Crippen LogP contribution in [0.2, 0.25) is 5.02 Å². The van der Waals surface area contributed by atoms with Crippen molar-refractivity contribution in [3.63, 3.8) is 0 Å². The minimum atomic E-state index is -3.56. The van der Waals surface area contributed by atoms with E-state index in [4.69, 9.17) is 11.6 Å². The van der Waals surface area contributed by atoms with Gasteiger partial charge in [0.15, 0.2) is 0 Å². The van der Waals surface area contributed by atoms with E-state index in [0.717, 1.165) is 5.56 Å². The van der Waals surface area contributed by atoms with Gasteiger partial charge in [-0.15, -0.1) is 0 Å². The minimum Gasteiger partial charge on any atom is -0.355 e. The topological polar surface area (TPSA) is 79.4 Å². The maximum Gasteiger partial charge on any atom is 0.244 e. The lowest BCUT2D eigenvalue weighted by Crippen LogP contribution is -2.45. The molecule has 2 heterocycles. The molecule has 1 amide bonds. The lowest BCUT2D eigenvalue weighted by Gasteiger charge is -2.32. The Bertz CT molecular complexity index is 939. The molecular weight excluding hydrogens is 410 g/mol. The smallest absolute Gasteiger partial charge is 0.244 e. The van der Waals surface area contributed by atoms with Crippen molar-refractivity contribution in [2.24, 2.45) is 5.92 Å². The number of carbonyl (C=O) groups excluding carboxylic acids is 1. The molecular formula is C21H26ClN3O3S. The Labute approximate surface area is 177 Å². The summed E-state index contributed by atoms with van der Waals surface area (Å²) in [5, 5.41) is 3.72. The maximum absolute atomic E-state index is 12.7. The van der Waals surface area contributed by atoms with Crippen LogP contribution in [-0.4, -0.2) is 43.2 Å². The fourth-order valence-corrected chi connectivity index (χ4v) is 5.02. The molecule has 1 aliphatic rings. The summed E-state index contributed by atoms with van der Waals surface area (Å²) in [6.45, 7) is 5.30. The standard InChI is InChI=1S/C21H26ClN3O3S/c1-21(2,17-5-7-18(22)8-6-17)15-24-20(26)16-9-12-25(13-10-16)29(27,28)19-4-3-11-23-14-19/h3-8,11,14,16H,9-10,12-13,15H2,1-2H3,(H,24,26). The number of benzene rings is 1. The van der Waals surface area contributed by atoms with Crippen molar-refractivity contribution in [2.45, 2.75) is 37.0 Å². The molecule has 1 aromatic carbocycles. The van der Waals surface area contributed by atoms with Gasteiger partial charge in [0.25, 0.3) is 0 Å². The average molecular weight is 436 g/mol. The largest absolute Gasteiger partial charge is 0.355 e. The molecule has 1 aromatic heterocycles. The predicted molar refractivity (Wildman–Crippen MR) is 113 cm³/mol. The normalized spacial score (nSPS) is 16.5. The van der Waals surface area contributed by atoms with Gasteiger partial charge in [-0.3, -0.25) is 9.78 Å². The van der Waals surface area contributed by atoms with Gasteiger partial charge in [-0.1, -0.05) is 37.6 Å². The van der Waals surface area contributed by atoms with Gasteiger partial charge in [0.05, 0.1) is 0 Å². The Kier molecular flexibility index (Phi) is 6.61. The molecule has 1 N–H and O–H groups in total. The van der Waals surface area contributed by atoms with Gasteiger partial charge in [-0.2, -0.15) is 4.31 Å². The van der Waals surface area contributed by atoms with Crippen molar-refractivity contribution < 1.29 is 13.2 Å². The van der Waals surface area contributed by atoms with E-state index in [0.29, 0.717) is 37.5 Å². The van der Waals surface area contributed by atoms with Gasteiger partial charge in [0.1, 0.15) is 4.90 Å². The monoisotopic (exact) mass is 435 g/mol. The number of nitrogens with zero attached hydrogens (tertiary/aromatic N) is 2. The van der Waals surface area contributed by atoms with Crippen molar-refractivity contribution in [3.8, 4) is 0 Å². The fraction of sp³-hybridized carbons (Fsp3) is 0.429. The highest BCUT2D eigenvalue weighted by molar-refractivity contribution is 7.89. The Morgan fingerprint density at radius 2 is 1.86 bits per heavy atom. The molecule has 3 rings (SSSR count). The first-order valence-corrected chi connectivity index (χ1v) is 11.5. The molecule has 156 valence electrons. The van der Waals surface area contributed by atoms with Crippen LogP contribution in [0.1, 0.15) is 32.3 Å². The molecule has 0 unspecified atom stereocenters. The lowest BCUT2D eigenvalue weighted by atomic mass is 9.84. The molecule has 29 heavy (non-hydrogen) atoms. The fourth-order valence-electron chi connectivity index (χ4n) is 3.46. The van der Waals surface area contributed by atoms with Crippen molar-refractivity contribution in [2.75, 3.05) is 19.6 Å². The summed E-state index contributed by atoms with van der Waals surface area (Å²) in [5.41, 5.74) is 0.865. The third-order valence-corrected chi connectivity index (χ3v) is 7.56. The molecule has 1 fully saturated rings. The molecule has 1 saturated heterocycles. The van der Waals surface area contributed by atoms with Crippen LogP contribution in [0.4, 0.5) is 0 Å². The Balaban J connectivity index is 1.54. The summed E-state index contributed by atoms with van der Waals surface area (Å²) in [4.78, 5) is 16.7. The number of piperidine rings is 1. The summed E-state index contributed by atoms with van der Waals surface area (Å²) in [7, 11) is -3.56. The first kappa shape index (κ1) is 21.7. The number of sulfonamides is 1. The van der Waals surface area contributed by atoms with Crippen LogP contribution in [0, 0.1) is 5.92 Å². The SMILES string of the molecule is CC(C)(CNC(=O)C1CCN(S(=O)(=O)c2cccnc2)CC1)c1ccc(Cl)cc1. The van der Waals surface area contributed by atoms with E-state index in [1.54, 1.807) is 18.3 Å². The number of hydrogen-bond donors (Lipinski definition) is 1. The molecule has 0 spiro atoms. The number of amides is 1. The number of carbonyl (C=O) groups is 1. The van der Waals surface area contributed by atoms with E-state index in [1.165, 1.54) is 10.5 Å². The van der Waals surface area contributed by atoms with E-state index < -0.39 is 10.0 Å². The van der Waals surface area contributed by atoms with E-state index in [9.17, 15) is 13.2 Å². The number of halogens is 1. The van der Waals surface area contributed by atoms with E-state index in [2.05, 4.69) is 24.1 Å². The van der Waals surface area contributed by atoms with Crippen molar-refractivity contribution >= 4 is 27.5 Å². The van der Waals surface area contributed by atoms with E-state index in [-0.39, 0.29) is 22.1 Å². The van der Waals surface area contributed by atoms with Crippen LogP contribution in [0.15, 0.2) is 53.7 Å². The lowest BCUT2D eigenvalue weighted by molar-refractivity contribution is -0.126. The predicted octanol–water partition coefficient (Wildman–Crippen LogP) is 3.23. The van der Waals surface area contributed by atoms with Gasteiger partial charge >= 0.3 is 0 Å². The van der Waals surface area contributed by atoms with Crippen LogP contribution in [0.5, 0.6) is 0 Å². The first-order valence-electron chi connectivity index (χ1n) is 9.64. The van der Waals surface area contributed by atoms with Crippen LogP contribution in [-0.2, 0) is 20.2 Å². The van der Waals surface area contributed by atoms with E-state index >= 15 is 0 Å². The maximum atomic E-state index is 12.7. The van der Waals surface area contributed by atoms with Gasteiger partial charge in [0, 0.05) is 48.4 Å². The Hall–Kier alpha value is -1.96. The van der Waals surface area contributed by atoms with Gasteiger partial charge < -0.3 is 5.32 Å². The van der Waals surface area contributed by atoms with Crippen molar-refractivity contribution in [1.29, 1.82) is 0 Å². The molecule has 2 aromatic rings. The van der Waals surface area contributed by atoms with Gasteiger partial charge in [-0.25, -0.2) is 8.42 Å². The highest BCUT2D eigenvalue weighted by Gasteiger charge is 2.32. The van der Waals surface area contributed by atoms with Crippen LogP contribution < -0.4 is 5.32 Å². The molecule has 6 nitrogen and oxygen atoms in total. The summed E-state index contributed by atoms with van der Waals surface area (Å²) in [6, 6.07) is 10.8. The second-order valence-electron chi connectivity index (χ2n) is 7.98. The number of hydrogen-bond acceptors (Lipinski definition) is 4. The summed E-state index contributed by atoms with van der Waals surface area (Å²) < 4.78 is 26.8. The number of pyridine rings is 1. The van der Waals surface area contributed by atoms with E-state index in [1.807, 2.05) is 24.3 Å². The second-order valence-corrected chi connectivity index (χ2v) is 10.4. The quantitative estimate of drug-likeness (QED) is 0.755. The summed E-state index contributed by atoms with van der Waals surface area (Å²) >= 11 is 5.95. The summed E-state index contributed by atoms with van der Waals surface area (Å²) in [5.74, 6) is -0.207. The Morgan fingerprint density at radius 3 is 2.45 bits per heavy atom. The minimum absolute atomic E-state index is 0.0227.